The van der Waals surface area contributed by atoms with Gasteiger partial charge in [0.15, 0.2) is 0 Å². The summed E-state index contributed by atoms with van der Waals surface area (Å²) in [5.74, 6) is -0.168. The van der Waals surface area contributed by atoms with E-state index < -0.39 is 0 Å². The highest BCUT2D eigenvalue weighted by molar-refractivity contribution is 7.19. The minimum atomic E-state index is -0.168. The largest absolute Gasteiger partial charge is 0.350 e. The number of halogens is 1. The monoisotopic (exact) mass is 361 g/mol. The Bertz CT molecular complexity index is 911. The SMILES string of the molecule is Cc1ccc(NC(=O)c2[nH]c3cc(C)sc3c2CN(C)C)c(Cl)c1. The third-order valence-electron chi connectivity index (χ3n) is 3.77. The zero-order valence-corrected chi connectivity index (χ0v) is 15.7. The van der Waals surface area contributed by atoms with Gasteiger partial charge in [-0.25, -0.2) is 0 Å². The van der Waals surface area contributed by atoms with Crippen LogP contribution in [-0.4, -0.2) is 29.9 Å². The lowest BCUT2D eigenvalue weighted by Crippen LogP contribution is -2.18. The van der Waals surface area contributed by atoms with E-state index >= 15 is 0 Å². The van der Waals surface area contributed by atoms with Crippen LogP contribution in [0.5, 0.6) is 0 Å². The van der Waals surface area contributed by atoms with Gasteiger partial charge < -0.3 is 15.2 Å². The highest BCUT2D eigenvalue weighted by Crippen LogP contribution is 2.32. The lowest BCUT2D eigenvalue weighted by atomic mass is 10.2. The predicted molar refractivity (Wildman–Crippen MR) is 102 cm³/mol. The molecule has 6 heteroatoms. The van der Waals surface area contributed by atoms with Crippen LogP contribution < -0.4 is 5.32 Å². The van der Waals surface area contributed by atoms with Gasteiger partial charge in [0.1, 0.15) is 5.69 Å². The van der Waals surface area contributed by atoms with Crippen molar-refractivity contribution in [3.63, 3.8) is 0 Å². The summed E-state index contributed by atoms with van der Waals surface area (Å²) in [6, 6.07) is 7.68. The van der Waals surface area contributed by atoms with Crippen molar-refractivity contribution in [3.8, 4) is 0 Å². The smallest absolute Gasteiger partial charge is 0.272 e. The molecule has 2 N–H and O–H groups in total. The molecule has 0 aliphatic carbocycles. The second-order valence-electron chi connectivity index (χ2n) is 6.25. The number of carbonyl (C=O) groups is 1. The Hall–Kier alpha value is -1.82. The Kier molecular flexibility index (Phi) is 4.67. The second-order valence-corrected chi connectivity index (χ2v) is 7.92. The molecule has 0 atom stereocenters. The van der Waals surface area contributed by atoms with Crippen LogP contribution >= 0.6 is 22.9 Å². The number of anilines is 1. The number of thiophene rings is 1. The van der Waals surface area contributed by atoms with Crippen LogP contribution in [0.2, 0.25) is 5.02 Å². The number of H-pyrrole nitrogens is 1. The number of carbonyl (C=O) groups excluding carboxylic acids is 1. The third kappa shape index (κ3) is 3.34. The van der Waals surface area contributed by atoms with Crippen LogP contribution in [0, 0.1) is 13.8 Å². The van der Waals surface area contributed by atoms with Gasteiger partial charge in [0, 0.05) is 17.0 Å². The van der Waals surface area contributed by atoms with E-state index in [9.17, 15) is 4.79 Å². The van der Waals surface area contributed by atoms with E-state index in [2.05, 4.69) is 28.2 Å². The average molecular weight is 362 g/mol. The van der Waals surface area contributed by atoms with Crippen molar-refractivity contribution in [2.45, 2.75) is 20.4 Å². The number of aryl methyl sites for hydroxylation is 2. The Morgan fingerprint density at radius 1 is 1.29 bits per heavy atom. The van der Waals surface area contributed by atoms with Gasteiger partial charge in [-0.05, 0) is 51.7 Å². The predicted octanol–water partition coefficient (Wildman–Crippen LogP) is 4.81. The fourth-order valence-corrected chi connectivity index (χ4v) is 4.01. The molecule has 0 unspecified atom stereocenters. The summed E-state index contributed by atoms with van der Waals surface area (Å²) >= 11 is 7.94. The lowest BCUT2D eigenvalue weighted by molar-refractivity contribution is 0.102. The van der Waals surface area contributed by atoms with Crippen molar-refractivity contribution in [2.75, 3.05) is 19.4 Å². The van der Waals surface area contributed by atoms with Gasteiger partial charge >= 0.3 is 0 Å². The van der Waals surface area contributed by atoms with E-state index in [-0.39, 0.29) is 5.91 Å². The molecule has 0 fully saturated rings. The molecule has 1 aromatic carbocycles. The van der Waals surface area contributed by atoms with Crippen LogP contribution in [0.15, 0.2) is 24.3 Å². The Labute approximate surface area is 150 Å². The molecule has 0 saturated carbocycles. The van der Waals surface area contributed by atoms with Gasteiger partial charge in [-0.15, -0.1) is 11.3 Å². The van der Waals surface area contributed by atoms with E-state index in [1.165, 1.54) is 4.88 Å². The minimum absolute atomic E-state index is 0.168. The molecule has 1 amide bonds. The minimum Gasteiger partial charge on any atom is -0.350 e. The molecular weight excluding hydrogens is 342 g/mol. The van der Waals surface area contributed by atoms with E-state index in [0.717, 1.165) is 21.3 Å². The van der Waals surface area contributed by atoms with E-state index in [1.54, 1.807) is 11.3 Å². The van der Waals surface area contributed by atoms with E-state index in [4.69, 9.17) is 11.6 Å². The second kappa shape index (κ2) is 6.59. The third-order valence-corrected chi connectivity index (χ3v) is 5.19. The maximum atomic E-state index is 12.8. The number of benzene rings is 1. The van der Waals surface area contributed by atoms with Crippen LogP contribution in [0.1, 0.15) is 26.5 Å². The van der Waals surface area contributed by atoms with Gasteiger partial charge in [-0.1, -0.05) is 17.7 Å². The summed E-state index contributed by atoms with van der Waals surface area (Å²) in [7, 11) is 4.00. The standard InChI is InChI=1S/C18H20ClN3OS/c1-10-5-6-14(13(19)7-10)21-18(23)16-12(9-22(3)4)17-15(20-16)8-11(2)24-17/h5-8,20H,9H2,1-4H3,(H,21,23). The quantitative estimate of drug-likeness (QED) is 0.700. The van der Waals surface area contributed by atoms with Crippen LogP contribution in [-0.2, 0) is 6.54 Å². The molecule has 3 rings (SSSR count). The average Bonchev–Trinajstić information content (AvgIpc) is 2.99. The Balaban J connectivity index is 1.98. The lowest BCUT2D eigenvalue weighted by Gasteiger charge is -2.12. The number of hydrogen-bond acceptors (Lipinski definition) is 3. The van der Waals surface area contributed by atoms with Crippen molar-refractivity contribution in [1.29, 1.82) is 0 Å². The number of hydrogen-bond donors (Lipinski definition) is 2. The number of amides is 1. The molecule has 0 saturated heterocycles. The van der Waals surface area contributed by atoms with E-state index in [0.29, 0.717) is 22.9 Å². The van der Waals surface area contributed by atoms with Crippen molar-refractivity contribution in [1.82, 2.24) is 9.88 Å². The van der Waals surface area contributed by atoms with Crippen LogP contribution in [0.3, 0.4) is 0 Å². The fraction of sp³-hybridized carbons (Fsp3) is 0.278. The molecule has 2 aromatic heterocycles. The van der Waals surface area contributed by atoms with Gasteiger partial charge in [0.25, 0.3) is 5.91 Å². The maximum absolute atomic E-state index is 12.8. The zero-order valence-electron chi connectivity index (χ0n) is 14.2. The van der Waals surface area contributed by atoms with Crippen molar-refractivity contribution < 1.29 is 4.79 Å². The molecule has 0 aliphatic heterocycles. The van der Waals surface area contributed by atoms with Crippen molar-refractivity contribution in [2.24, 2.45) is 0 Å². The van der Waals surface area contributed by atoms with Gasteiger partial charge in [0.05, 0.1) is 20.9 Å². The maximum Gasteiger partial charge on any atom is 0.272 e. The zero-order chi connectivity index (χ0) is 17.4. The molecule has 2 heterocycles. The molecule has 0 aliphatic rings. The fourth-order valence-electron chi connectivity index (χ4n) is 2.72. The molecule has 126 valence electrons. The summed E-state index contributed by atoms with van der Waals surface area (Å²) in [5, 5.41) is 3.46. The highest BCUT2D eigenvalue weighted by atomic mass is 35.5. The number of aromatic amines is 1. The summed E-state index contributed by atoms with van der Waals surface area (Å²) < 4.78 is 1.14. The normalized spacial score (nSPS) is 11.4. The number of nitrogens with zero attached hydrogens (tertiary/aromatic N) is 1. The molecule has 4 nitrogen and oxygen atoms in total. The molecule has 24 heavy (non-hydrogen) atoms. The Morgan fingerprint density at radius 2 is 2.04 bits per heavy atom. The first kappa shape index (κ1) is 17.0. The van der Waals surface area contributed by atoms with Gasteiger partial charge in [0.2, 0.25) is 0 Å². The van der Waals surface area contributed by atoms with E-state index in [1.807, 2.05) is 39.2 Å². The summed E-state index contributed by atoms with van der Waals surface area (Å²) in [6.45, 7) is 4.74. The first-order valence-electron chi connectivity index (χ1n) is 7.68. The van der Waals surface area contributed by atoms with Crippen LogP contribution in [0.25, 0.3) is 10.2 Å². The first-order chi connectivity index (χ1) is 11.3. The summed E-state index contributed by atoms with van der Waals surface area (Å²) in [4.78, 5) is 19.4. The molecule has 0 spiro atoms. The molecular formula is C18H20ClN3OS. The molecule has 3 aromatic rings. The van der Waals surface area contributed by atoms with Crippen molar-refractivity contribution >= 4 is 44.7 Å². The van der Waals surface area contributed by atoms with Crippen molar-refractivity contribution in [3.05, 3.63) is 51.0 Å². The molecule has 0 bridgehead atoms. The van der Waals surface area contributed by atoms with Gasteiger partial charge in [-0.2, -0.15) is 0 Å². The number of aromatic nitrogens is 1. The van der Waals surface area contributed by atoms with Crippen LogP contribution in [0.4, 0.5) is 5.69 Å². The number of nitrogens with one attached hydrogen (secondary N) is 2. The number of fused-ring (bicyclic) bond motifs is 1. The first-order valence-corrected chi connectivity index (χ1v) is 8.88. The molecule has 0 radical (unpaired) electrons. The summed E-state index contributed by atoms with van der Waals surface area (Å²) in [6.07, 6.45) is 0. The number of rotatable bonds is 4. The Morgan fingerprint density at radius 3 is 2.71 bits per heavy atom. The van der Waals surface area contributed by atoms with Gasteiger partial charge in [-0.3, -0.25) is 4.79 Å². The summed E-state index contributed by atoms with van der Waals surface area (Å²) in [5.41, 5.74) is 4.31. The highest BCUT2D eigenvalue weighted by Gasteiger charge is 2.20. The topological polar surface area (TPSA) is 48.1 Å².